The van der Waals surface area contributed by atoms with E-state index >= 15 is 0 Å². The second-order valence-corrected chi connectivity index (χ2v) is 6.68. The Kier molecular flexibility index (Phi) is 4.57. The number of aryl methyl sites for hydroxylation is 2. The fraction of sp³-hybridized carbons (Fsp3) is 0.421. The van der Waals surface area contributed by atoms with Crippen LogP contribution in [-0.2, 0) is 17.9 Å². The Hall–Kier alpha value is -2.51. The van der Waals surface area contributed by atoms with E-state index in [4.69, 9.17) is 9.72 Å². The van der Waals surface area contributed by atoms with Crippen LogP contribution in [0.15, 0.2) is 24.4 Å². The molecule has 1 N–H and O–H groups in total. The first-order valence-corrected chi connectivity index (χ1v) is 8.87. The molecule has 0 unspecified atom stereocenters. The summed E-state index contributed by atoms with van der Waals surface area (Å²) in [7, 11) is 0. The van der Waals surface area contributed by atoms with Gasteiger partial charge < -0.3 is 19.3 Å². The number of aromatic nitrogens is 4. The van der Waals surface area contributed by atoms with Crippen molar-refractivity contribution >= 4 is 17.1 Å². The minimum atomic E-state index is -0.131. The van der Waals surface area contributed by atoms with Crippen molar-refractivity contribution in [1.29, 1.82) is 0 Å². The van der Waals surface area contributed by atoms with Crippen LogP contribution >= 0.6 is 0 Å². The Morgan fingerprint density at radius 1 is 1.15 bits per heavy atom. The third-order valence-electron chi connectivity index (χ3n) is 4.82. The Bertz CT molecular complexity index is 931. The predicted molar refractivity (Wildman–Crippen MR) is 99.3 cm³/mol. The zero-order valence-electron chi connectivity index (χ0n) is 15.1. The average molecular weight is 353 g/mol. The van der Waals surface area contributed by atoms with Gasteiger partial charge in [-0.25, -0.2) is 9.97 Å². The quantitative estimate of drug-likeness (QED) is 0.771. The van der Waals surface area contributed by atoms with Gasteiger partial charge in [-0.05, 0) is 25.0 Å². The number of benzene rings is 1. The van der Waals surface area contributed by atoms with Gasteiger partial charge >= 0.3 is 0 Å². The number of rotatable bonds is 4. The van der Waals surface area contributed by atoms with Gasteiger partial charge in [0.25, 0.3) is 0 Å². The molecule has 0 aliphatic carbocycles. The Morgan fingerprint density at radius 3 is 2.73 bits per heavy atom. The van der Waals surface area contributed by atoms with Crippen molar-refractivity contribution in [2.24, 2.45) is 0 Å². The zero-order valence-corrected chi connectivity index (χ0v) is 15.1. The van der Waals surface area contributed by atoms with Gasteiger partial charge in [-0.3, -0.25) is 0 Å². The van der Waals surface area contributed by atoms with Crippen LogP contribution in [0, 0.1) is 13.8 Å². The summed E-state index contributed by atoms with van der Waals surface area (Å²) in [6.45, 7) is 7.61. The maximum absolute atomic E-state index is 9.78. The molecule has 136 valence electrons. The number of aliphatic hydroxyl groups excluding tert-OH is 1. The van der Waals surface area contributed by atoms with Crippen molar-refractivity contribution in [3.05, 3.63) is 46.9 Å². The van der Waals surface area contributed by atoms with Crippen LogP contribution in [0.3, 0.4) is 0 Å². The molecule has 3 aromatic rings. The summed E-state index contributed by atoms with van der Waals surface area (Å²) in [6.07, 6.45) is 1.74. The van der Waals surface area contributed by atoms with Crippen molar-refractivity contribution < 1.29 is 9.84 Å². The van der Waals surface area contributed by atoms with Gasteiger partial charge in [0.1, 0.15) is 17.9 Å². The molecule has 0 spiro atoms. The number of imidazole rings is 1. The van der Waals surface area contributed by atoms with Crippen LogP contribution in [0.25, 0.3) is 11.2 Å². The fourth-order valence-electron chi connectivity index (χ4n) is 3.30. The summed E-state index contributed by atoms with van der Waals surface area (Å²) < 4.78 is 7.40. The fourth-order valence-corrected chi connectivity index (χ4v) is 3.30. The summed E-state index contributed by atoms with van der Waals surface area (Å²) in [6, 6.07) is 6.40. The molecule has 1 saturated heterocycles. The first-order valence-electron chi connectivity index (χ1n) is 8.87. The molecule has 0 radical (unpaired) electrons. The number of hydrogen-bond acceptors (Lipinski definition) is 6. The lowest BCUT2D eigenvalue weighted by atomic mass is 10.1. The monoisotopic (exact) mass is 353 g/mol. The summed E-state index contributed by atoms with van der Waals surface area (Å²) >= 11 is 0. The lowest BCUT2D eigenvalue weighted by Crippen LogP contribution is -2.37. The summed E-state index contributed by atoms with van der Waals surface area (Å²) in [5, 5.41) is 9.78. The molecular formula is C19H23N5O2. The average Bonchev–Trinajstić information content (AvgIpc) is 3.02. The Labute approximate surface area is 152 Å². The van der Waals surface area contributed by atoms with Gasteiger partial charge in [-0.15, -0.1) is 0 Å². The lowest BCUT2D eigenvalue weighted by molar-refractivity contribution is 0.122. The van der Waals surface area contributed by atoms with Crippen LogP contribution in [-0.4, -0.2) is 50.9 Å². The minimum Gasteiger partial charge on any atom is -0.388 e. The molecular weight excluding hydrogens is 330 g/mol. The highest BCUT2D eigenvalue weighted by atomic mass is 16.5. The van der Waals surface area contributed by atoms with Crippen molar-refractivity contribution in [2.75, 3.05) is 31.2 Å². The number of ether oxygens (including phenoxy) is 1. The molecule has 1 aliphatic heterocycles. The molecule has 1 aromatic carbocycles. The smallest absolute Gasteiger partial charge is 0.227 e. The molecule has 0 amide bonds. The molecule has 7 nitrogen and oxygen atoms in total. The van der Waals surface area contributed by atoms with Crippen molar-refractivity contribution in [3.8, 4) is 0 Å². The molecule has 7 heteroatoms. The van der Waals surface area contributed by atoms with E-state index in [1.54, 1.807) is 6.20 Å². The van der Waals surface area contributed by atoms with E-state index in [1.807, 2.05) is 4.57 Å². The van der Waals surface area contributed by atoms with Crippen LogP contribution < -0.4 is 4.90 Å². The second-order valence-electron chi connectivity index (χ2n) is 6.68. The number of hydrogen-bond donors (Lipinski definition) is 1. The molecule has 0 bridgehead atoms. The van der Waals surface area contributed by atoms with E-state index in [9.17, 15) is 5.11 Å². The maximum atomic E-state index is 9.78. The Balaban J connectivity index is 1.77. The minimum absolute atomic E-state index is 0.131. The number of morpholine rings is 1. The lowest BCUT2D eigenvalue weighted by Gasteiger charge is -2.26. The first kappa shape index (κ1) is 16.9. The largest absolute Gasteiger partial charge is 0.388 e. The molecule has 1 fully saturated rings. The molecule has 2 aromatic heterocycles. The predicted octanol–water partition coefficient (Wildman–Crippen LogP) is 1.82. The second kappa shape index (κ2) is 7.01. The van der Waals surface area contributed by atoms with Crippen molar-refractivity contribution in [2.45, 2.75) is 27.0 Å². The van der Waals surface area contributed by atoms with Crippen LogP contribution in [0.1, 0.15) is 22.5 Å². The van der Waals surface area contributed by atoms with Gasteiger partial charge in [0.2, 0.25) is 5.95 Å². The number of aliphatic hydroxyl groups is 1. The molecule has 0 atom stereocenters. The van der Waals surface area contributed by atoms with Gasteiger partial charge in [0, 0.05) is 13.1 Å². The van der Waals surface area contributed by atoms with Crippen molar-refractivity contribution in [1.82, 2.24) is 19.5 Å². The molecule has 4 rings (SSSR count). The third-order valence-corrected chi connectivity index (χ3v) is 4.82. The van der Waals surface area contributed by atoms with Crippen LogP contribution in [0.2, 0.25) is 0 Å². The van der Waals surface area contributed by atoms with Gasteiger partial charge in [-0.1, -0.05) is 23.8 Å². The highest BCUT2D eigenvalue weighted by molar-refractivity contribution is 5.72. The number of anilines is 1. The normalized spacial score (nSPS) is 15.0. The molecule has 3 heterocycles. The first-order chi connectivity index (χ1) is 12.7. The molecule has 0 saturated carbocycles. The van der Waals surface area contributed by atoms with Crippen LogP contribution in [0.4, 0.5) is 5.95 Å². The van der Waals surface area contributed by atoms with E-state index < -0.39 is 0 Å². The topological polar surface area (TPSA) is 76.3 Å². The zero-order chi connectivity index (χ0) is 18.1. The van der Waals surface area contributed by atoms with Crippen LogP contribution in [0.5, 0.6) is 0 Å². The van der Waals surface area contributed by atoms with E-state index in [2.05, 4.69) is 46.9 Å². The summed E-state index contributed by atoms with van der Waals surface area (Å²) in [4.78, 5) is 15.9. The molecule has 26 heavy (non-hydrogen) atoms. The van der Waals surface area contributed by atoms with Gasteiger partial charge in [0.15, 0.2) is 5.65 Å². The highest BCUT2D eigenvalue weighted by Gasteiger charge is 2.18. The van der Waals surface area contributed by atoms with E-state index in [0.717, 1.165) is 18.7 Å². The Morgan fingerprint density at radius 2 is 1.96 bits per heavy atom. The highest BCUT2D eigenvalue weighted by Crippen LogP contribution is 2.21. The van der Waals surface area contributed by atoms with E-state index in [0.29, 0.717) is 37.0 Å². The number of fused-ring (bicyclic) bond motifs is 1. The molecule has 1 aliphatic rings. The van der Waals surface area contributed by atoms with Crippen molar-refractivity contribution in [3.63, 3.8) is 0 Å². The SMILES string of the molecule is Cc1ccc(C)c(Cn2c(CO)nc3cnc(N4CCOCC4)nc32)c1. The summed E-state index contributed by atoms with van der Waals surface area (Å²) in [5.74, 6) is 1.29. The number of nitrogens with zero attached hydrogens (tertiary/aromatic N) is 5. The third kappa shape index (κ3) is 3.15. The van der Waals surface area contributed by atoms with Gasteiger partial charge in [-0.2, -0.15) is 4.98 Å². The maximum Gasteiger partial charge on any atom is 0.227 e. The van der Waals surface area contributed by atoms with E-state index in [-0.39, 0.29) is 6.61 Å². The van der Waals surface area contributed by atoms with E-state index in [1.165, 1.54) is 16.7 Å². The summed E-state index contributed by atoms with van der Waals surface area (Å²) in [5.41, 5.74) is 5.08. The standard InChI is InChI=1S/C19H23N5O2/c1-13-3-4-14(2)15(9-13)11-24-17(12-25)21-16-10-20-19(22-18(16)24)23-5-7-26-8-6-23/h3-4,9-10,25H,5-8,11-12H2,1-2H3. The van der Waals surface area contributed by atoms with Gasteiger partial charge in [0.05, 0.1) is 26.0 Å².